The summed E-state index contributed by atoms with van der Waals surface area (Å²) < 4.78 is 25.0. The summed E-state index contributed by atoms with van der Waals surface area (Å²) in [6, 6.07) is 0. The normalized spacial score (nSPS) is 33.0. The molecule has 1 nitrogen and oxygen atoms in total. The van der Waals surface area contributed by atoms with Crippen molar-refractivity contribution in [3.63, 3.8) is 0 Å². The molecule has 1 rings (SSSR count). The molecule has 1 heterocycles. The number of nitrogens with two attached hydrogens (primary N) is 1. The summed E-state index contributed by atoms with van der Waals surface area (Å²) >= 11 is 1.28. The molecule has 1 aliphatic heterocycles. The van der Waals surface area contributed by atoms with Crippen LogP contribution in [0.3, 0.4) is 0 Å². The first-order chi connectivity index (χ1) is 4.17. The van der Waals surface area contributed by atoms with Crippen molar-refractivity contribution in [1.29, 1.82) is 0 Å². The molecule has 0 radical (unpaired) electrons. The molecule has 54 valence electrons. The fourth-order valence-electron chi connectivity index (χ4n) is 0.817. The lowest BCUT2D eigenvalue weighted by Crippen LogP contribution is -2.32. The van der Waals surface area contributed by atoms with Crippen molar-refractivity contribution in [2.75, 3.05) is 18.1 Å². The van der Waals surface area contributed by atoms with Gasteiger partial charge in [0.15, 0.2) is 0 Å². The first-order valence-electron chi connectivity index (χ1n) is 2.82. The molecule has 9 heavy (non-hydrogen) atoms. The lowest BCUT2D eigenvalue weighted by atomic mass is 10.1. The third-order valence-electron chi connectivity index (χ3n) is 1.50. The van der Waals surface area contributed by atoms with Crippen LogP contribution in [0.25, 0.3) is 0 Å². The maximum absolute atomic E-state index is 12.5. The van der Waals surface area contributed by atoms with Crippen LogP contribution in [-0.4, -0.2) is 24.0 Å². The van der Waals surface area contributed by atoms with Crippen molar-refractivity contribution >= 4 is 11.8 Å². The molecule has 0 aromatic carbocycles. The van der Waals surface area contributed by atoms with Gasteiger partial charge in [-0.3, -0.25) is 0 Å². The van der Waals surface area contributed by atoms with Gasteiger partial charge in [0.25, 0.3) is 5.92 Å². The summed E-state index contributed by atoms with van der Waals surface area (Å²) in [6.07, 6.45) is 0. The molecule has 2 N–H and O–H groups in total. The van der Waals surface area contributed by atoms with E-state index in [2.05, 4.69) is 0 Å². The van der Waals surface area contributed by atoms with E-state index in [0.717, 1.165) is 0 Å². The van der Waals surface area contributed by atoms with Crippen LogP contribution in [0.1, 0.15) is 0 Å². The van der Waals surface area contributed by atoms with E-state index in [0.29, 0.717) is 5.75 Å². The molecule has 1 aliphatic rings. The molecule has 1 unspecified atom stereocenters. The predicted molar refractivity (Wildman–Crippen MR) is 34.8 cm³/mol. The van der Waals surface area contributed by atoms with Gasteiger partial charge < -0.3 is 5.73 Å². The van der Waals surface area contributed by atoms with Gasteiger partial charge in [-0.2, -0.15) is 11.8 Å². The van der Waals surface area contributed by atoms with Crippen molar-refractivity contribution in [1.82, 2.24) is 0 Å². The van der Waals surface area contributed by atoms with E-state index in [1.807, 2.05) is 0 Å². The quantitative estimate of drug-likeness (QED) is 0.606. The highest BCUT2D eigenvalue weighted by atomic mass is 32.2. The Kier molecular flexibility index (Phi) is 1.96. The highest BCUT2D eigenvalue weighted by Gasteiger charge is 2.43. The average Bonchev–Trinajstić information content (AvgIpc) is 2.08. The lowest BCUT2D eigenvalue weighted by Gasteiger charge is -2.14. The van der Waals surface area contributed by atoms with Crippen LogP contribution in [0.4, 0.5) is 8.78 Å². The molecule has 0 bridgehead atoms. The van der Waals surface area contributed by atoms with E-state index in [4.69, 9.17) is 5.73 Å². The van der Waals surface area contributed by atoms with Gasteiger partial charge in [-0.1, -0.05) is 0 Å². The second kappa shape index (κ2) is 2.42. The summed E-state index contributed by atoms with van der Waals surface area (Å²) in [4.78, 5) is 0. The summed E-state index contributed by atoms with van der Waals surface area (Å²) in [7, 11) is 0. The Balaban J connectivity index is 2.52. The minimum Gasteiger partial charge on any atom is -0.330 e. The minimum absolute atomic E-state index is 0.0468. The Labute approximate surface area is 57.0 Å². The number of thioether (sulfide) groups is 1. The molecular weight excluding hydrogens is 144 g/mol. The predicted octanol–water partition coefficient (Wildman–Crippen LogP) is 0.943. The van der Waals surface area contributed by atoms with Crippen molar-refractivity contribution in [2.24, 2.45) is 11.7 Å². The number of hydrogen-bond donors (Lipinski definition) is 1. The van der Waals surface area contributed by atoms with Crippen LogP contribution in [0.15, 0.2) is 0 Å². The zero-order chi connectivity index (χ0) is 6.91. The SMILES string of the molecule is NCC1CSCC1(F)F. The Morgan fingerprint density at radius 3 is 2.56 bits per heavy atom. The fraction of sp³-hybridized carbons (Fsp3) is 1.00. The van der Waals surface area contributed by atoms with Crippen molar-refractivity contribution in [3.8, 4) is 0 Å². The molecule has 1 atom stereocenters. The summed E-state index contributed by atoms with van der Waals surface area (Å²) in [5.41, 5.74) is 5.12. The van der Waals surface area contributed by atoms with Gasteiger partial charge in [0.1, 0.15) is 0 Å². The standard InChI is InChI=1S/C5H9F2NS/c6-5(7)3-9-2-4(5)1-8/h4H,1-3,8H2. The Morgan fingerprint density at radius 2 is 2.33 bits per heavy atom. The van der Waals surface area contributed by atoms with Crippen LogP contribution in [0.5, 0.6) is 0 Å². The second-order valence-electron chi connectivity index (χ2n) is 2.21. The first kappa shape index (κ1) is 7.28. The smallest absolute Gasteiger partial charge is 0.261 e. The van der Waals surface area contributed by atoms with Crippen LogP contribution >= 0.6 is 11.8 Å². The van der Waals surface area contributed by atoms with Gasteiger partial charge in [-0.25, -0.2) is 8.78 Å². The monoisotopic (exact) mass is 153 g/mol. The van der Waals surface area contributed by atoms with Crippen LogP contribution in [0, 0.1) is 5.92 Å². The topological polar surface area (TPSA) is 26.0 Å². The van der Waals surface area contributed by atoms with Crippen molar-refractivity contribution in [2.45, 2.75) is 5.92 Å². The van der Waals surface area contributed by atoms with Crippen LogP contribution < -0.4 is 5.73 Å². The van der Waals surface area contributed by atoms with E-state index in [-0.39, 0.29) is 12.3 Å². The van der Waals surface area contributed by atoms with E-state index in [9.17, 15) is 8.78 Å². The molecular formula is C5H9F2NS. The van der Waals surface area contributed by atoms with E-state index in [1.54, 1.807) is 0 Å². The molecule has 0 aliphatic carbocycles. The molecule has 1 saturated heterocycles. The lowest BCUT2D eigenvalue weighted by molar-refractivity contribution is -0.0143. The van der Waals surface area contributed by atoms with Gasteiger partial charge in [0, 0.05) is 18.2 Å². The third kappa shape index (κ3) is 1.35. The van der Waals surface area contributed by atoms with E-state index >= 15 is 0 Å². The van der Waals surface area contributed by atoms with Gasteiger partial charge in [0.05, 0.1) is 5.75 Å². The van der Waals surface area contributed by atoms with Crippen LogP contribution in [-0.2, 0) is 0 Å². The fourth-order valence-corrected chi connectivity index (χ4v) is 2.11. The van der Waals surface area contributed by atoms with Gasteiger partial charge in [-0.15, -0.1) is 0 Å². The number of hydrogen-bond acceptors (Lipinski definition) is 2. The third-order valence-corrected chi connectivity index (χ3v) is 2.72. The maximum atomic E-state index is 12.5. The highest BCUT2D eigenvalue weighted by Crippen LogP contribution is 2.37. The summed E-state index contributed by atoms with van der Waals surface area (Å²) in [5, 5.41) is 0. The Hall–Kier alpha value is 0.170. The highest BCUT2D eigenvalue weighted by molar-refractivity contribution is 7.99. The van der Waals surface area contributed by atoms with Crippen molar-refractivity contribution in [3.05, 3.63) is 0 Å². The average molecular weight is 153 g/mol. The Bertz CT molecular complexity index is 107. The molecule has 0 aromatic heterocycles. The van der Waals surface area contributed by atoms with Gasteiger partial charge >= 0.3 is 0 Å². The number of halogens is 2. The molecule has 4 heteroatoms. The van der Waals surface area contributed by atoms with E-state index in [1.165, 1.54) is 11.8 Å². The zero-order valence-electron chi connectivity index (χ0n) is 4.94. The number of rotatable bonds is 1. The summed E-state index contributed by atoms with van der Waals surface area (Å²) in [5.74, 6) is -2.61. The van der Waals surface area contributed by atoms with Gasteiger partial charge in [0.2, 0.25) is 0 Å². The van der Waals surface area contributed by atoms with Crippen LogP contribution in [0.2, 0.25) is 0 Å². The van der Waals surface area contributed by atoms with Gasteiger partial charge in [-0.05, 0) is 0 Å². The first-order valence-corrected chi connectivity index (χ1v) is 3.98. The number of alkyl halides is 2. The second-order valence-corrected chi connectivity index (χ2v) is 3.24. The van der Waals surface area contributed by atoms with Crippen molar-refractivity contribution < 1.29 is 8.78 Å². The molecule has 0 amide bonds. The molecule has 0 spiro atoms. The minimum atomic E-state index is -2.50. The molecule has 1 fully saturated rings. The Morgan fingerprint density at radius 1 is 1.67 bits per heavy atom. The zero-order valence-corrected chi connectivity index (χ0v) is 5.76. The summed E-state index contributed by atoms with van der Waals surface area (Å²) in [6.45, 7) is 0.111. The maximum Gasteiger partial charge on any atom is 0.261 e. The van der Waals surface area contributed by atoms with E-state index < -0.39 is 11.8 Å². The largest absolute Gasteiger partial charge is 0.330 e. The molecule has 0 saturated carbocycles. The molecule has 0 aromatic rings.